The van der Waals surface area contributed by atoms with Crippen molar-refractivity contribution in [2.75, 3.05) is 19.8 Å². The van der Waals surface area contributed by atoms with Crippen molar-refractivity contribution in [1.82, 2.24) is 5.32 Å². The molecule has 5 heteroatoms. The number of carbonyl (C=O) groups excluding carboxylic acids is 1. The van der Waals surface area contributed by atoms with Crippen molar-refractivity contribution in [2.45, 2.75) is 32.2 Å². The lowest BCUT2D eigenvalue weighted by atomic mass is 9.94. The molecule has 5 nitrogen and oxygen atoms in total. The second-order valence-electron chi connectivity index (χ2n) is 5.17. The maximum atomic E-state index is 12.4. The van der Waals surface area contributed by atoms with Crippen LogP contribution in [0.15, 0.2) is 18.2 Å². The summed E-state index contributed by atoms with van der Waals surface area (Å²) >= 11 is 0. The number of nitrogens with one attached hydrogen (secondary N) is 1. The second kappa shape index (κ2) is 6.13. The van der Waals surface area contributed by atoms with Crippen molar-refractivity contribution in [3.63, 3.8) is 0 Å². The summed E-state index contributed by atoms with van der Waals surface area (Å²) in [6.07, 6.45) is 1.26. The molecule has 1 aromatic carbocycles. The van der Waals surface area contributed by atoms with E-state index in [2.05, 4.69) is 5.32 Å². The van der Waals surface area contributed by atoms with Crippen LogP contribution in [0.25, 0.3) is 0 Å². The Balaban J connectivity index is 2.21. The van der Waals surface area contributed by atoms with E-state index < -0.39 is 5.54 Å². The zero-order chi connectivity index (χ0) is 14.6. The minimum atomic E-state index is -0.427. The fourth-order valence-corrected chi connectivity index (χ4v) is 2.17. The van der Waals surface area contributed by atoms with Gasteiger partial charge in [0.25, 0.3) is 5.91 Å². The highest BCUT2D eigenvalue weighted by molar-refractivity contribution is 5.98. The molecule has 1 aliphatic rings. The monoisotopic (exact) mass is 279 g/mol. The van der Waals surface area contributed by atoms with Crippen LogP contribution in [0.5, 0.6) is 11.5 Å². The fourth-order valence-electron chi connectivity index (χ4n) is 2.17. The molecule has 0 fully saturated rings. The molecule has 1 aliphatic heterocycles. The lowest BCUT2D eigenvalue weighted by Crippen LogP contribution is -2.46. The van der Waals surface area contributed by atoms with Gasteiger partial charge in [0.05, 0.1) is 5.56 Å². The number of amides is 1. The molecular weight excluding hydrogens is 258 g/mol. The average molecular weight is 279 g/mol. The molecule has 0 saturated heterocycles. The molecule has 1 amide bonds. The summed E-state index contributed by atoms with van der Waals surface area (Å²) < 4.78 is 11.0. The van der Waals surface area contributed by atoms with Gasteiger partial charge in [-0.25, -0.2) is 0 Å². The molecule has 0 radical (unpaired) electrons. The van der Waals surface area contributed by atoms with Crippen LogP contribution in [0.4, 0.5) is 0 Å². The Kier molecular flexibility index (Phi) is 4.49. The molecule has 0 aliphatic carbocycles. The molecule has 1 aromatic rings. The van der Waals surface area contributed by atoms with E-state index in [4.69, 9.17) is 14.6 Å². The Morgan fingerprint density at radius 1 is 1.40 bits per heavy atom. The van der Waals surface area contributed by atoms with Crippen molar-refractivity contribution in [3.8, 4) is 11.5 Å². The van der Waals surface area contributed by atoms with Gasteiger partial charge < -0.3 is 19.9 Å². The van der Waals surface area contributed by atoms with Gasteiger partial charge in [0, 0.05) is 12.1 Å². The Hall–Kier alpha value is -1.75. The van der Waals surface area contributed by atoms with Crippen LogP contribution < -0.4 is 14.8 Å². The summed E-state index contributed by atoms with van der Waals surface area (Å²) in [5.41, 5.74) is 0.0455. The molecule has 0 bridgehead atoms. The molecular formula is C15H21NO4. The second-order valence-corrected chi connectivity index (χ2v) is 5.17. The van der Waals surface area contributed by atoms with E-state index in [1.54, 1.807) is 18.2 Å². The number of fused-ring (bicyclic) bond motifs is 1. The van der Waals surface area contributed by atoms with E-state index in [9.17, 15) is 4.79 Å². The molecule has 0 aromatic heterocycles. The predicted molar refractivity (Wildman–Crippen MR) is 75.3 cm³/mol. The Labute approximate surface area is 118 Å². The Morgan fingerprint density at radius 3 is 2.85 bits per heavy atom. The lowest BCUT2D eigenvalue weighted by molar-refractivity contribution is 0.0875. The molecule has 2 rings (SSSR count). The lowest BCUT2D eigenvalue weighted by Gasteiger charge is -2.30. The largest absolute Gasteiger partial charge is 0.486 e. The van der Waals surface area contributed by atoms with E-state index in [0.717, 1.165) is 6.42 Å². The first-order valence-electron chi connectivity index (χ1n) is 6.91. The van der Waals surface area contributed by atoms with Crippen molar-refractivity contribution in [2.24, 2.45) is 0 Å². The third-order valence-corrected chi connectivity index (χ3v) is 3.67. The molecule has 20 heavy (non-hydrogen) atoms. The number of carbonyl (C=O) groups is 1. The topological polar surface area (TPSA) is 67.8 Å². The molecule has 110 valence electrons. The van der Waals surface area contributed by atoms with Gasteiger partial charge in [-0.15, -0.1) is 0 Å². The van der Waals surface area contributed by atoms with Gasteiger partial charge in [0.1, 0.15) is 13.2 Å². The number of para-hydroxylation sites is 1. The number of hydrogen-bond acceptors (Lipinski definition) is 4. The van der Waals surface area contributed by atoms with Gasteiger partial charge in [-0.1, -0.05) is 13.0 Å². The van der Waals surface area contributed by atoms with Crippen LogP contribution in [-0.2, 0) is 0 Å². The number of aliphatic hydroxyl groups excluding tert-OH is 1. The summed E-state index contributed by atoms with van der Waals surface area (Å²) in [5.74, 6) is 0.896. The van der Waals surface area contributed by atoms with Crippen molar-refractivity contribution in [1.29, 1.82) is 0 Å². The summed E-state index contributed by atoms with van der Waals surface area (Å²) in [6.45, 7) is 4.88. The van der Waals surface area contributed by atoms with Gasteiger partial charge in [-0.3, -0.25) is 4.79 Å². The van der Waals surface area contributed by atoms with Crippen LogP contribution in [-0.4, -0.2) is 36.4 Å². The first kappa shape index (κ1) is 14.7. The number of benzene rings is 1. The summed E-state index contributed by atoms with van der Waals surface area (Å²) in [7, 11) is 0. The minimum absolute atomic E-state index is 0.0388. The van der Waals surface area contributed by atoms with Crippen molar-refractivity contribution < 1.29 is 19.4 Å². The molecule has 1 atom stereocenters. The van der Waals surface area contributed by atoms with Crippen molar-refractivity contribution in [3.05, 3.63) is 23.8 Å². The quantitative estimate of drug-likeness (QED) is 0.861. The molecule has 2 N–H and O–H groups in total. The third kappa shape index (κ3) is 3.04. The van der Waals surface area contributed by atoms with E-state index in [0.29, 0.717) is 36.7 Å². The third-order valence-electron chi connectivity index (χ3n) is 3.67. The van der Waals surface area contributed by atoms with Crippen LogP contribution in [0.1, 0.15) is 37.0 Å². The number of hydrogen-bond donors (Lipinski definition) is 2. The zero-order valence-electron chi connectivity index (χ0n) is 11.9. The van der Waals surface area contributed by atoms with E-state index in [1.165, 1.54) is 0 Å². The molecule has 0 saturated carbocycles. The van der Waals surface area contributed by atoms with E-state index in [-0.39, 0.29) is 12.5 Å². The van der Waals surface area contributed by atoms with Crippen molar-refractivity contribution >= 4 is 5.91 Å². The maximum absolute atomic E-state index is 12.4. The van der Waals surface area contributed by atoms with Gasteiger partial charge >= 0.3 is 0 Å². The van der Waals surface area contributed by atoms with Crippen LogP contribution in [0.3, 0.4) is 0 Å². The normalized spacial score (nSPS) is 16.4. The van der Waals surface area contributed by atoms with Gasteiger partial charge in [-0.05, 0) is 31.9 Å². The minimum Gasteiger partial charge on any atom is -0.486 e. The van der Waals surface area contributed by atoms with Crippen LogP contribution in [0.2, 0.25) is 0 Å². The van der Waals surface area contributed by atoms with Crippen LogP contribution >= 0.6 is 0 Å². The molecule has 0 spiro atoms. The summed E-state index contributed by atoms with van der Waals surface area (Å²) in [6, 6.07) is 5.29. The molecule has 1 unspecified atom stereocenters. The van der Waals surface area contributed by atoms with Gasteiger partial charge in [-0.2, -0.15) is 0 Å². The highest BCUT2D eigenvalue weighted by Crippen LogP contribution is 2.33. The zero-order valence-corrected chi connectivity index (χ0v) is 11.9. The van der Waals surface area contributed by atoms with Gasteiger partial charge in [0.2, 0.25) is 0 Å². The first-order chi connectivity index (χ1) is 9.59. The predicted octanol–water partition coefficient (Wildman–Crippen LogP) is 1.74. The standard InChI is InChI=1S/C15H21NO4/c1-3-15(2,7-8-17)16-14(18)11-5-4-6-12-13(11)20-10-9-19-12/h4-6,17H,3,7-10H2,1-2H3,(H,16,18). The van der Waals surface area contributed by atoms with E-state index >= 15 is 0 Å². The number of rotatable bonds is 5. The highest BCUT2D eigenvalue weighted by atomic mass is 16.6. The smallest absolute Gasteiger partial charge is 0.255 e. The summed E-state index contributed by atoms with van der Waals surface area (Å²) in [4.78, 5) is 12.4. The van der Waals surface area contributed by atoms with E-state index in [1.807, 2.05) is 13.8 Å². The van der Waals surface area contributed by atoms with Crippen LogP contribution in [0, 0.1) is 0 Å². The fraction of sp³-hybridized carbons (Fsp3) is 0.533. The number of aliphatic hydroxyl groups is 1. The van der Waals surface area contributed by atoms with Gasteiger partial charge in [0.15, 0.2) is 11.5 Å². The Bertz CT molecular complexity index is 489. The Morgan fingerprint density at radius 2 is 2.15 bits per heavy atom. The first-order valence-corrected chi connectivity index (χ1v) is 6.91. The SMILES string of the molecule is CCC(C)(CCO)NC(=O)c1cccc2c1OCCO2. The highest BCUT2D eigenvalue weighted by Gasteiger charge is 2.27. The molecule has 1 heterocycles. The maximum Gasteiger partial charge on any atom is 0.255 e. The average Bonchev–Trinajstić information content (AvgIpc) is 2.46. The number of ether oxygens (including phenoxy) is 2. The summed E-state index contributed by atoms with van der Waals surface area (Å²) in [5, 5.41) is 12.1.